The van der Waals surface area contributed by atoms with Crippen LogP contribution in [0, 0.1) is 0 Å². The lowest BCUT2D eigenvalue weighted by Gasteiger charge is -2.24. The second-order valence-electron chi connectivity index (χ2n) is 4.80. The van der Waals surface area contributed by atoms with Gasteiger partial charge in [-0.2, -0.15) is 13.2 Å². The number of nitrogens with one attached hydrogen (secondary N) is 1. The molecule has 2 N–H and O–H groups in total. The molecular weight excluding hydrogens is 323 g/mol. The Kier molecular flexibility index (Phi) is 4.40. The fourth-order valence-electron chi connectivity index (χ4n) is 2.33. The van der Waals surface area contributed by atoms with E-state index in [0.717, 1.165) is 37.9 Å². The van der Waals surface area contributed by atoms with Crippen LogP contribution in [-0.4, -0.2) is 17.7 Å². The molecule has 0 amide bonds. The van der Waals surface area contributed by atoms with E-state index in [9.17, 15) is 18.3 Å². The molecule has 106 valence electrons. The van der Waals surface area contributed by atoms with E-state index >= 15 is 0 Å². The van der Waals surface area contributed by atoms with Gasteiger partial charge in [0, 0.05) is 16.1 Å². The second kappa shape index (κ2) is 5.71. The van der Waals surface area contributed by atoms with E-state index in [1.54, 1.807) is 0 Å². The van der Waals surface area contributed by atoms with Gasteiger partial charge < -0.3 is 10.4 Å². The number of benzene rings is 1. The number of hydrogen-bond donors (Lipinski definition) is 2. The predicted molar refractivity (Wildman–Crippen MR) is 70.2 cm³/mol. The lowest BCUT2D eigenvalue weighted by atomic mass is 9.96. The molecule has 0 aliphatic carbocycles. The topological polar surface area (TPSA) is 32.3 Å². The standard InChI is InChI=1S/C13H15BrF3NO/c14-11-5-8(13(15,16)17)6-12(19)10(11)7-9-3-1-2-4-18-9/h5-6,9,18-19H,1-4,7H2. The molecule has 19 heavy (non-hydrogen) atoms. The van der Waals surface area contributed by atoms with E-state index in [0.29, 0.717) is 16.5 Å². The van der Waals surface area contributed by atoms with Crippen molar-refractivity contribution in [2.45, 2.75) is 37.9 Å². The first-order valence-electron chi connectivity index (χ1n) is 6.20. The van der Waals surface area contributed by atoms with Crippen molar-refractivity contribution in [3.63, 3.8) is 0 Å². The smallest absolute Gasteiger partial charge is 0.416 e. The lowest BCUT2D eigenvalue weighted by molar-refractivity contribution is -0.137. The van der Waals surface area contributed by atoms with E-state index in [2.05, 4.69) is 21.2 Å². The Morgan fingerprint density at radius 2 is 2.05 bits per heavy atom. The third kappa shape index (κ3) is 3.63. The second-order valence-corrected chi connectivity index (χ2v) is 5.66. The molecule has 0 spiro atoms. The predicted octanol–water partition coefficient (Wildman–Crippen LogP) is 3.86. The quantitative estimate of drug-likeness (QED) is 0.858. The maximum absolute atomic E-state index is 12.6. The van der Waals surface area contributed by atoms with Crippen LogP contribution in [0.3, 0.4) is 0 Å². The number of rotatable bonds is 2. The van der Waals surface area contributed by atoms with Crippen LogP contribution in [0.2, 0.25) is 0 Å². The third-order valence-electron chi connectivity index (χ3n) is 3.36. The molecule has 1 aliphatic heterocycles. The Labute approximate surface area is 118 Å². The average molecular weight is 338 g/mol. The van der Waals surface area contributed by atoms with Crippen LogP contribution in [0.4, 0.5) is 13.2 Å². The van der Waals surface area contributed by atoms with E-state index in [4.69, 9.17) is 0 Å². The summed E-state index contributed by atoms with van der Waals surface area (Å²) in [4.78, 5) is 0. The number of piperidine rings is 1. The SMILES string of the molecule is Oc1cc(C(F)(F)F)cc(Br)c1CC1CCCCN1. The summed E-state index contributed by atoms with van der Waals surface area (Å²) in [6, 6.07) is 2.04. The molecule has 0 bridgehead atoms. The molecule has 1 aromatic rings. The maximum Gasteiger partial charge on any atom is 0.416 e. The zero-order valence-electron chi connectivity index (χ0n) is 10.2. The van der Waals surface area contributed by atoms with Crippen molar-refractivity contribution >= 4 is 15.9 Å². The van der Waals surface area contributed by atoms with Crippen LogP contribution >= 0.6 is 15.9 Å². The molecule has 1 aliphatic rings. The third-order valence-corrected chi connectivity index (χ3v) is 4.07. The molecule has 1 saturated heterocycles. The maximum atomic E-state index is 12.6. The van der Waals surface area contributed by atoms with Crippen molar-refractivity contribution in [1.29, 1.82) is 0 Å². The van der Waals surface area contributed by atoms with Crippen molar-refractivity contribution < 1.29 is 18.3 Å². The zero-order valence-corrected chi connectivity index (χ0v) is 11.8. The summed E-state index contributed by atoms with van der Waals surface area (Å²) in [5, 5.41) is 13.1. The number of halogens is 4. The highest BCUT2D eigenvalue weighted by molar-refractivity contribution is 9.10. The lowest BCUT2D eigenvalue weighted by Crippen LogP contribution is -2.35. The number of phenolic OH excluding ortho intramolecular Hbond substituents is 1. The molecule has 1 heterocycles. The summed E-state index contributed by atoms with van der Waals surface area (Å²) in [5.41, 5.74) is -0.301. The number of alkyl halides is 3. The van der Waals surface area contributed by atoms with E-state index in [1.165, 1.54) is 0 Å². The van der Waals surface area contributed by atoms with Crippen molar-refractivity contribution in [1.82, 2.24) is 5.32 Å². The Balaban J connectivity index is 2.21. The summed E-state index contributed by atoms with van der Waals surface area (Å²) in [6.45, 7) is 0.920. The van der Waals surface area contributed by atoms with Gasteiger partial charge in [0.1, 0.15) is 5.75 Å². The normalized spacial score (nSPS) is 20.5. The van der Waals surface area contributed by atoms with E-state index < -0.39 is 11.7 Å². The van der Waals surface area contributed by atoms with Gasteiger partial charge in [-0.1, -0.05) is 22.4 Å². The molecular formula is C13H15BrF3NO. The Morgan fingerprint density at radius 3 is 2.58 bits per heavy atom. The molecule has 1 aromatic carbocycles. The summed E-state index contributed by atoms with van der Waals surface area (Å²) in [6.07, 6.45) is -0.702. The van der Waals surface area contributed by atoms with Crippen molar-refractivity contribution in [2.75, 3.05) is 6.54 Å². The highest BCUT2D eigenvalue weighted by Gasteiger charge is 2.32. The zero-order chi connectivity index (χ0) is 14.0. The average Bonchev–Trinajstić information content (AvgIpc) is 2.33. The van der Waals surface area contributed by atoms with Gasteiger partial charge in [0.2, 0.25) is 0 Å². The number of phenols is 1. The van der Waals surface area contributed by atoms with Crippen LogP contribution in [-0.2, 0) is 12.6 Å². The minimum atomic E-state index is -4.44. The van der Waals surface area contributed by atoms with Crippen LogP contribution in [0.25, 0.3) is 0 Å². The molecule has 0 aromatic heterocycles. The van der Waals surface area contributed by atoms with E-state index in [1.807, 2.05) is 0 Å². The first-order chi connectivity index (χ1) is 8.88. The van der Waals surface area contributed by atoms with Gasteiger partial charge in [-0.25, -0.2) is 0 Å². The fraction of sp³-hybridized carbons (Fsp3) is 0.538. The van der Waals surface area contributed by atoms with Gasteiger partial charge in [0.05, 0.1) is 5.56 Å². The van der Waals surface area contributed by atoms with Gasteiger partial charge in [0.15, 0.2) is 0 Å². The van der Waals surface area contributed by atoms with Crippen molar-refractivity contribution in [3.8, 4) is 5.75 Å². The summed E-state index contributed by atoms with van der Waals surface area (Å²) >= 11 is 3.13. The Hall–Kier alpha value is -0.750. The summed E-state index contributed by atoms with van der Waals surface area (Å²) in [5.74, 6) is -0.297. The van der Waals surface area contributed by atoms with Crippen molar-refractivity contribution in [3.05, 3.63) is 27.7 Å². The highest BCUT2D eigenvalue weighted by atomic mass is 79.9. The Bertz CT molecular complexity index is 433. The van der Waals surface area contributed by atoms with Gasteiger partial charge in [0.25, 0.3) is 0 Å². The summed E-state index contributed by atoms with van der Waals surface area (Å²) in [7, 11) is 0. The molecule has 0 saturated carbocycles. The largest absolute Gasteiger partial charge is 0.508 e. The van der Waals surface area contributed by atoms with Crippen molar-refractivity contribution in [2.24, 2.45) is 0 Å². The molecule has 1 unspecified atom stereocenters. The minimum absolute atomic E-state index is 0.215. The van der Waals surface area contributed by atoms with Gasteiger partial charge >= 0.3 is 6.18 Å². The first-order valence-corrected chi connectivity index (χ1v) is 6.99. The van der Waals surface area contributed by atoms with Gasteiger partial charge in [-0.15, -0.1) is 0 Å². The molecule has 1 atom stereocenters. The fourth-order valence-corrected chi connectivity index (χ4v) is 2.94. The van der Waals surface area contributed by atoms with Crippen LogP contribution in [0.5, 0.6) is 5.75 Å². The van der Waals surface area contributed by atoms with E-state index in [-0.39, 0.29) is 11.8 Å². The van der Waals surface area contributed by atoms with Crippen LogP contribution < -0.4 is 5.32 Å². The monoisotopic (exact) mass is 337 g/mol. The molecule has 2 nitrogen and oxygen atoms in total. The Morgan fingerprint density at radius 1 is 1.32 bits per heavy atom. The number of aromatic hydroxyl groups is 1. The molecule has 1 fully saturated rings. The first kappa shape index (κ1) is 14.7. The molecule has 0 radical (unpaired) electrons. The minimum Gasteiger partial charge on any atom is -0.508 e. The van der Waals surface area contributed by atoms with Crippen LogP contribution in [0.1, 0.15) is 30.4 Å². The van der Waals surface area contributed by atoms with Crippen LogP contribution in [0.15, 0.2) is 16.6 Å². The number of hydrogen-bond acceptors (Lipinski definition) is 2. The molecule has 2 rings (SSSR count). The van der Waals surface area contributed by atoms with Gasteiger partial charge in [-0.05, 0) is 37.9 Å². The summed E-state index contributed by atoms with van der Waals surface area (Å²) < 4.78 is 38.1. The highest BCUT2D eigenvalue weighted by Crippen LogP contribution is 2.37. The van der Waals surface area contributed by atoms with Gasteiger partial charge in [-0.3, -0.25) is 0 Å². The molecule has 6 heteroatoms.